The standard InChI is InChI=1S/C21H25BrClN5O2S/c1-3-29-19-12-15(13-24-9-6-10-31-21-25-26-27-28(21)2)11-17(22)20(19)30-14-16-7-4-5-8-18(16)23/h4-5,7-8,11-12,24H,3,6,9-10,13-14H2,1-2H3. The molecule has 0 bridgehead atoms. The van der Waals surface area contributed by atoms with Gasteiger partial charge in [0.2, 0.25) is 5.16 Å². The first kappa shape index (κ1) is 23.8. The summed E-state index contributed by atoms with van der Waals surface area (Å²) in [6, 6.07) is 11.7. The molecule has 1 heterocycles. The lowest BCUT2D eigenvalue weighted by molar-refractivity contribution is 0.267. The summed E-state index contributed by atoms with van der Waals surface area (Å²) in [7, 11) is 1.84. The third-order valence-electron chi connectivity index (χ3n) is 4.34. The van der Waals surface area contributed by atoms with Gasteiger partial charge < -0.3 is 14.8 Å². The molecule has 0 aliphatic rings. The third kappa shape index (κ3) is 7.10. The van der Waals surface area contributed by atoms with Crippen molar-refractivity contribution in [3.63, 3.8) is 0 Å². The molecule has 7 nitrogen and oxygen atoms in total. The van der Waals surface area contributed by atoms with Gasteiger partial charge in [-0.3, -0.25) is 0 Å². The normalized spacial score (nSPS) is 11.0. The molecule has 1 aromatic heterocycles. The number of aromatic nitrogens is 4. The molecule has 0 amide bonds. The van der Waals surface area contributed by atoms with Crippen LogP contribution in [0.5, 0.6) is 11.5 Å². The maximum Gasteiger partial charge on any atom is 0.209 e. The Morgan fingerprint density at radius 3 is 2.81 bits per heavy atom. The van der Waals surface area contributed by atoms with Crippen LogP contribution in [0.4, 0.5) is 0 Å². The molecule has 10 heteroatoms. The minimum atomic E-state index is 0.370. The van der Waals surface area contributed by atoms with Gasteiger partial charge in [-0.1, -0.05) is 41.6 Å². The fraction of sp³-hybridized carbons (Fsp3) is 0.381. The summed E-state index contributed by atoms with van der Waals surface area (Å²) < 4.78 is 14.4. The van der Waals surface area contributed by atoms with Gasteiger partial charge in [0.05, 0.1) is 11.1 Å². The maximum atomic E-state index is 6.24. The van der Waals surface area contributed by atoms with E-state index in [4.69, 9.17) is 21.1 Å². The average molecular weight is 527 g/mol. The van der Waals surface area contributed by atoms with Gasteiger partial charge in [-0.05, 0) is 70.0 Å². The molecular formula is C21H25BrClN5O2S. The zero-order chi connectivity index (χ0) is 22.1. The van der Waals surface area contributed by atoms with Crippen LogP contribution in [0.2, 0.25) is 5.02 Å². The second-order valence-electron chi connectivity index (χ2n) is 6.68. The van der Waals surface area contributed by atoms with Crippen molar-refractivity contribution in [1.82, 2.24) is 25.5 Å². The second kappa shape index (κ2) is 12.3. The van der Waals surface area contributed by atoms with Gasteiger partial charge in [0, 0.05) is 29.9 Å². The molecule has 0 atom stereocenters. The first-order valence-electron chi connectivity index (χ1n) is 9.95. The van der Waals surface area contributed by atoms with Gasteiger partial charge in [-0.15, -0.1) is 5.10 Å². The fourth-order valence-electron chi connectivity index (χ4n) is 2.83. The van der Waals surface area contributed by atoms with Crippen LogP contribution in [0.1, 0.15) is 24.5 Å². The van der Waals surface area contributed by atoms with Gasteiger partial charge in [-0.25, -0.2) is 4.68 Å². The van der Waals surface area contributed by atoms with Gasteiger partial charge >= 0.3 is 0 Å². The molecule has 0 fully saturated rings. The van der Waals surface area contributed by atoms with E-state index in [0.29, 0.717) is 29.7 Å². The molecule has 166 valence electrons. The zero-order valence-corrected chi connectivity index (χ0v) is 20.6. The van der Waals surface area contributed by atoms with Crippen molar-refractivity contribution >= 4 is 39.3 Å². The van der Waals surface area contributed by atoms with Crippen molar-refractivity contribution in [2.24, 2.45) is 7.05 Å². The number of halogens is 2. The topological polar surface area (TPSA) is 74.1 Å². The lowest BCUT2D eigenvalue weighted by Crippen LogP contribution is -2.15. The smallest absolute Gasteiger partial charge is 0.209 e. The molecule has 0 unspecified atom stereocenters. The Morgan fingerprint density at radius 2 is 2.06 bits per heavy atom. The molecule has 0 spiro atoms. The lowest BCUT2D eigenvalue weighted by atomic mass is 10.2. The number of nitrogens with zero attached hydrogens (tertiary/aromatic N) is 4. The summed E-state index contributed by atoms with van der Waals surface area (Å²) in [6.07, 6.45) is 1.01. The highest BCUT2D eigenvalue weighted by Gasteiger charge is 2.13. The Bertz CT molecular complexity index is 988. The molecule has 0 aliphatic heterocycles. The van der Waals surface area contributed by atoms with E-state index in [1.165, 1.54) is 0 Å². The van der Waals surface area contributed by atoms with E-state index in [1.54, 1.807) is 16.4 Å². The molecule has 0 aliphatic carbocycles. The van der Waals surface area contributed by atoms with Gasteiger partial charge in [0.1, 0.15) is 6.61 Å². The van der Waals surface area contributed by atoms with Crippen molar-refractivity contribution in [2.45, 2.75) is 31.7 Å². The quantitative estimate of drug-likeness (QED) is 0.266. The SMILES string of the molecule is CCOc1cc(CNCCCSc2nnnn2C)cc(Br)c1OCc1ccccc1Cl. The number of thioether (sulfide) groups is 1. The monoisotopic (exact) mass is 525 g/mol. The van der Waals surface area contributed by atoms with Crippen molar-refractivity contribution in [3.8, 4) is 11.5 Å². The van der Waals surface area contributed by atoms with Crippen LogP contribution in [-0.4, -0.2) is 39.1 Å². The van der Waals surface area contributed by atoms with Crippen molar-refractivity contribution in [3.05, 3.63) is 57.0 Å². The lowest BCUT2D eigenvalue weighted by Gasteiger charge is -2.16. The van der Waals surface area contributed by atoms with E-state index in [-0.39, 0.29) is 0 Å². The van der Waals surface area contributed by atoms with Crippen LogP contribution in [0.3, 0.4) is 0 Å². The molecule has 0 saturated carbocycles. The van der Waals surface area contributed by atoms with Crippen molar-refractivity contribution in [1.29, 1.82) is 0 Å². The van der Waals surface area contributed by atoms with Gasteiger partial charge in [0.15, 0.2) is 11.5 Å². The van der Waals surface area contributed by atoms with Gasteiger partial charge in [-0.2, -0.15) is 0 Å². The molecule has 1 N–H and O–H groups in total. The van der Waals surface area contributed by atoms with Crippen LogP contribution in [0, 0.1) is 0 Å². The number of aryl methyl sites for hydroxylation is 1. The van der Waals surface area contributed by atoms with Crippen LogP contribution >= 0.6 is 39.3 Å². The summed E-state index contributed by atoms with van der Waals surface area (Å²) in [4.78, 5) is 0. The highest BCUT2D eigenvalue weighted by molar-refractivity contribution is 9.10. The number of rotatable bonds is 12. The summed E-state index contributed by atoms with van der Waals surface area (Å²) in [5.74, 6) is 2.34. The van der Waals surface area contributed by atoms with E-state index in [1.807, 2.05) is 44.3 Å². The van der Waals surface area contributed by atoms with E-state index in [9.17, 15) is 0 Å². The Hall–Kier alpha value is -1.81. The van der Waals surface area contributed by atoms with Crippen molar-refractivity contribution < 1.29 is 9.47 Å². The molecular weight excluding hydrogens is 502 g/mol. The number of tetrazole rings is 1. The Labute approximate surface area is 200 Å². The molecule has 31 heavy (non-hydrogen) atoms. The van der Waals surface area contributed by atoms with E-state index in [0.717, 1.165) is 46.0 Å². The fourth-order valence-corrected chi connectivity index (χ4v) is 4.41. The number of benzene rings is 2. The molecule has 3 aromatic rings. The summed E-state index contributed by atoms with van der Waals surface area (Å²) in [5.41, 5.74) is 2.05. The first-order valence-corrected chi connectivity index (χ1v) is 12.1. The average Bonchev–Trinajstić information content (AvgIpc) is 3.16. The van der Waals surface area contributed by atoms with Gasteiger partial charge in [0.25, 0.3) is 0 Å². The number of hydrogen-bond acceptors (Lipinski definition) is 7. The molecule has 2 aromatic carbocycles. The number of nitrogens with one attached hydrogen (secondary N) is 1. The Balaban J connectivity index is 1.52. The highest BCUT2D eigenvalue weighted by atomic mass is 79.9. The van der Waals surface area contributed by atoms with Crippen molar-refractivity contribution in [2.75, 3.05) is 18.9 Å². The van der Waals surface area contributed by atoms with E-state index in [2.05, 4.69) is 42.8 Å². The summed E-state index contributed by atoms with van der Waals surface area (Å²) in [5, 5.41) is 16.4. The van der Waals surface area contributed by atoms with Crippen LogP contribution in [-0.2, 0) is 20.2 Å². The Morgan fingerprint density at radius 1 is 1.23 bits per heavy atom. The maximum absolute atomic E-state index is 6.24. The second-order valence-corrected chi connectivity index (χ2v) is 9.01. The van der Waals surface area contributed by atoms with E-state index < -0.39 is 0 Å². The van der Waals surface area contributed by atoms with Crippen LogP contribution in [0.25, 0.3) is 0 Å². The zero-order valence-electron chi connectivity index (χ0n) is 17.5. The largest absolute Gasteiger partial charge is 0.490 e. The predicted molar refractivity (Wildman–Crippen MR) is 127 cm³/mol. The first-order chi connectivity index (χ1) is 15.1. The summed E-state index contributed by atoms with van der Waals surface area (Å²) >= 11 is 11.5. The Kier molecular flexibility index (Phi) is 9.45. The summed E-state index contributed by atoms with van der Waals surface area (Å²) in [6.45, 7) is 4.51. The highest BCUT2D eigenvalue weighted by Crippen LogP contribution is 2.37. The van der Waals surface area contributed by atoms with E-state index >= 15 is 0 Å². The van der Waals surface area contributed by atoms with Crippen LogP contribution < -0.4 is 14.8 Å². The van der Waals surface area contributed by atoms with Crippen LogP contribution in [0.15, 0.2) is 46.0 Å². The third-order valence-corrected chi connectivity index (χ3v) is 6.39. The minimum Gasteiger partial charge on any atom is -0.490 e. The molecule has 3 rings (SSSR count). The minimum absolute atomic E-state index is 0.370. The predicted octanol–water partition coefficient (Wildman–Crippen LogP) is 4.88. The number of ether oxygens (including phenoxy) is 2. The number of hydrogen-bond donors (Lipinski definition) is 1. The molecule has 0 radical (unpaired) electrons. The molecule has 0 saturated heterocycles.